The first-order valence-electron chi connectivity index (χ1n) is 5.42. The molecule has 2 N–H and O–H groups in total. The summed E-state index contributed by atoms with van der Waals surface area (Å²) >= 11 is 0. The van der Waals surface area contributed by atoms with Crippen molar-refractivity contribution in [3.8, 4) is 0 Å². The number of furan rings is 1. The first-order valence-corrected chi connectivity index (χ1v) is 5.42. The normalized spacial score (nSPS) is 18.4. The Labute approximate surface area is 94.1 Å². The highest BCUT2D eigenvalue weighted by Crippen LogP contribution is 2.15. The van der Waals surface area contributed by atoms with Crippen molar-refractivity contribution in [2.75, 3.05) is 26.3 Å². The summed E-state index contributed by atoms with van der Waals surface area (Å²) in [5.74, 6) is 0.716. The molecule has 2 rings (SSSR count). The lowest BCUT2D eigenvalue weighted by Crippen LogP contribution is -2.41. The Morgan fingerprint density at radius 2 is 2.25 bits per heavy atom. The molecule has 88 valence electrons. The summed E-state index contributed by atoms with van der Waals surface area (Å²) in [5, 5.41) is 0. The summed E-state index contributed by atoms with van der Waals surface area (Å²) in [6.07, 6.45) is 1.85. The van der Waals surface area contributed by atoms with E-state index in [1.54, 1.807) is 23.3 Å². The molecule has 5 heteroatoms. The third-order valence-electron chi connectivity index (χ3n) is 2.67. The molecule has 0 bridgehead atoms. The second-order valence-electron chi connectivity index (χ2n) is 3.82. The van der Waals surface area contributed by atoms with Crippen LogP contribution < -0.4 is 5.73 Å². The van der Waals surface area contributed by atoms with Gasteiger partial charge in [0.25, 0.3) is 0 Å². The minimum Gasteiger partial charge on any atom is -0.468 e. The molecule has 1 unspecified atom stereocenters. The molecule has 1 atom stereocenters. The number of hydrogen-bond acceptors (Lipinski definition) is 4. The van der Waals surface area contributed by atoms with E-state index >= 15 is 0 Å². The van der Waals surface area contributed by atoms with E-state index in [1.165, 1.54) is 0 Å². The Morgan fingerprint density at radius 1 is 1.50 bits per heavy atom. The van der Waals surface area contributed by atoms with E-state index in [0.717, 1.165) is 0 Å². The van der Waals surface area contributed by atoms with Gasteiger partial charge in [-0.3, -0.25) is 4.79 Å². The number of ether oxygens (including phenoxy) is 1. The van der Waals surface area contributed by atoms with Gasteiger partial charge < -0.3 is 19.8 Å². The van der Waals surface area contributed by atoms with E-state index in [-0.39, 0.29) is 18.4 Å². The SMILES string of the molecule is NC(CC(=O)N1CCOCC1)c1ccco1. The molecule has 0 spiro atoms. The number of hydrogen-bond donors (Lipinski definition) is 1. The van der Waals surface area contributed by atoms with Crippen LogP contribution in [0.3, 0.4) is 0 Å². The molecule has 0 aromatic carbocycles. The second kappa shape index (κ2) is 5.14. The zero-order chi connectivity index (χ0) is 11.4. The van der Waals surface area contributed by atoms with Crippen LogP contribution in [0.4, 0.5) is 0 Å². The maximum Gasteiger partial charge on any atom is 0.224 e. The second-order valence-corrected chi connectivity index (χ2v) is 3.82. The van der Waals surface area contributed by atoms with E-state index in [9.17, 15) is 4.79 Å². The third-order valence-corrected chi connectivity index (χ3v) is 2.67. The number of nitrogens with zero attached hydrogens (tertiary/aromatic N) is 1. The van der Waals surface area contributed by atoms with Gasteiger partial charge in [-0.1, -0.05) is 0 Å². The van der Waals surface area contributed by atoms with Crippen molar-refractivity contribution in [2.45, 2.75) is 12.5 Å². The molecule has 1 aliphatic rings. The van der Waals surface area contributed by atoms with Gasteiger partial charge in [0.2, 0.25) is 5.91 Å². The van der Waals surface area contributed by atoms with Gasteiger partial charge in [0.15, 0.2) is 0 Å². The topological polar surface area (TPSA) is 68.7 Å². The molecule has 0 saturated carbocycles. The lowest BCUT2D eigenvalue weighted by atomic mass is 10.1. The number of carbonyl (C=O) groups excluding carboxylic acids is 1. The largest absolute Gasteiger partial charge is 0.468 e. The average Bonchev–Trinajstić information content (AvgIpc) is 2.83. The van der Waals surface area contributed by atoms with Crippen molar-refractivity contribution >= 4 is 5.91 Å². The van der Waals surface area contributed by atoms with E-state index < -0.39 is 0 Å². The van der Waals surface area contributed by atoms with Gasteiger partial charge in [0, 0.05) is 19.5 Å². The van der Waals surface area contributed by atoms with Gasteiger partial charge in [-0.25, -0.2) is 0 Å². The molecule has 1 aromatic rings. The predicted molar refractivity (Wildman–Crippen MR) is 57.7 cm³/mol. The van der Waals surface area contributed by atoms with Crippen molar-refractivity contribution in [1.82, 2.24) is 4.90 Å². The van der Waals surface area contributed by atoms with Crippen LogP contribution in [0, 0.1) is 0 Å². The quantitative estimate of drug-likeness (QED) is 0.813. The molecule has 1 amide bonds. The highest BCUT2D eigenvalue weighted by Gasteiger charge is 2.20. The predicted octanol–water partition coefficient (Wildman–Crippen LogP) is 0.528. The van der Waals surface area contributed by atoms with E-state index in [2.05, 4.69) is 0 Å². The summed E-state index contributed by atoms with van der Waals surface area (Å²) in [6, 6.07) is 3.21. The molecular formula is C11H16N2O3. The van der Waals surface area contributed by atoms with Crippen LogP contribution in [0.25, 0.3) is 0 Å². The van der Waals surface area contributed by atoms with Gasteiger partial charge in [0.05, 0.1) is 25.5 Å². The van der Waals surface area contributed by atoms with Gasteiger partial charge in [-0.2, -0.15) is 0 Å². The summed E-state index contributed by atoms with van der Waals surface area (Å²) < 4.78 is 10.3. The van der Waals surface area contributed by atoms with Crippen molar-refractivity contribution in [3.05, 3.63) is 24.2 Å². The maximum absolute atomic E-state index is 11.9. The molecule has 0 radical (unpaired) electrons. The summed E-state index contributed by atoms with van der Waals surface area (Å²) in [6.45, 7) is 2.54. The van der Waals surface area contributed by atoms with E-state index in [1.807, 2.05) is 0 Å². The van der Waals surface area contributed by atoms with Crippen LogP contribution in [-0.2, 0) is 9.53 Å². The molecule has 1 aliphatic heterocycles. The lowest BCUT2D eigenvalue weighted by Gasteiger charge is -2.27. The van der Waals surface area contributed by atoms with Crippen LogP contribution in [0.2, 0.25) is 0 Å². The number of nitrogens with two attached hydrogens (primary N) is 1. The Bertz CT molecular complexity index is 331. The summed E-state index contributed by atoms with van der Waals surface area (Å²) in [7, 11) is 0. The number of morpholine rings is 1. The highest BCUT2D eigenvalue weighted by molar-refractivity contribution is 5.77. The molecule has 2 heterocycles. The minimum absolute atomic E-state index is 0.0622. The Kier molecular flexibility index (Phi) is 3.58. The fourth-order valence-corrected chi connectivity index (χ4v) is 1.73. The van der Waals surface area contributed by atoms with Gasteiger partial charge in [-0.15, -0.1) is 0 Å². The molecule has 0 aliphatic carbocycles. The van der Waals surface area contributed by atoms with Crippen molar-refractivity contribution in [3.63, 3.8) is 0 Å². The Hall–Kier alpha value is -1.33. The highest BCUT2D eigenvalue weighted by atomic mass is 16.5. The first kappa shape index (κ1) is 11.2. The number of rotatable bonds is 3. The summed E-state index contributed by atoms with van der Waals surface area (Å²) in [4.78, 5) is 13.6. The Morgan fingerprint density at radius 3 is 2.88 bits per heavy atom. The molecular weight excluding hydrogens is 208 g/mol. The zero-order valence-corrected chi connectivity index (χ0v) is 9.09. The zero-order valence-electron chi connectivity index (χ0n) is 9.09. The van der Waals surface area contributed by atoms with Crippen molar-refractivity contribution < 1.29 is 13.9 Å². The van der Waals surface area contributed by atoms with Crippen molar-refractivity contribution in [1.29, 1.82) is 0 Å². The molecule has 16 heavy (non-hydrogen) atoms. The molecule has 5 nitrogen and oxygen atoms in total. The van der Waals surface area contributed by atoms with Gasteiger partial charge in [-0.05, 0) is 12.1 Å². The lowest BCUT2D eigenvalue weighted by molar-refractivity contribution is -0.135. The standard InChI is InChI=1S/C11H16N2O3/c12-9(10-2-1-5-16-10)8-11(14)13-3-6-15-7-4-13/h1-2,5,9H,3-4,6-8,12H2. The van der Waals surface area contributed by atoms with Crippen LogP contribution in [0.1, 0.15) is 18.2 Å². The smallest absolute Gasteiger partial charge is 0.224 e. The molecule has 1 fully saturated rings. The van der Waals surface area contributed by atoms with Crippen LogP contribution in [-0.4, -0.2) is 37.1 Å². The summed E-state index contributed by atoms with van der Waals surface area (Å²) in [5.41, 5.74) is 5.87. The van der Waals surface area contributed by atoms with Crippen LogP contribution in [0.5, 0.6) is 0 Å². The fraction of sp³-hybridized carbons (Fsp3) is 0.545. The third kappa shape index (κ3) is 2.62. The van der Waals surface area contributed by atoms with Gasteiger partial charge in [0.1, 0.15) is 5.76 Å². The van der Waals surface area contributed by atoms with Crippen LogP contribution in [0.15, 0.2) is 22.8 Å². The maximum atomic E-state index is 11.9. The minimum atomic E-state index is -0.356. The molecule has 1 aromatic heterocycles. The Balaban J connectivity index is 1.86. The van der Waals surface area contributed by atoms with E-state index in [4.69, 9.17) is 14.9 Å². The van der Waals surface area contributed by atoms with Gasteiger partial charge >= 0.3 is 0 Å². The number of amides is 1. The fourth-order valence-electron chi connectivity index (χ4n) is 1.73. The first-order chi connectivity index (χ1) is 7.77. The van der Waals surface area contributed by atoms with E-state index in [0.29, 0.717) is 32.1 Å². The molecule has 1 saturated heterocycles. The number of carbonyl (C=O) groups is 1. The average molecular weight is 224 g/mol. The van der Waals surface area contributed by atoms with Crippen molar-refractivity contribution in [2.24, 2.45) is 5.73 Å². The monoisotopic (exact) mass is 224 g/mol. The van der Waals surface area contributed by atoms with Crippen LogP contribution >= 0.6 is 0 Å².